The monoisotopic (exact) mass is 270 g/mol. The zero-order valence-electron chi connectivity index (χ0n) is 9.14. The average molecular weight is 270 g/mol. The van der Waals surface area contributed by atoms with Gasteiger partial charge in [-0.1, -0.05) is 39.5 Å². The maximum absolute atomic E-state index is 3.44. The van der Waals surface area contributed by atoms with Crippen molar-refractivity contribution in [3.8, 4) is 0 Å². The summed E-state index contributed by atoms with van der Waals surface area (Å²) in [7, 11) is 0. The maximum Gasteiger partial charge on any atom is 0 e. The fourth-order valence-electron chi connectivity index (χ4n) is 1.35. The Bertz CT molecular complexity index is 236. The summed E-state index contributed by atoms with van der Waals surface area (Å²) < 4.78 is 0. The molecule has 0 unspecified atom stereocenters. The van der Waals surface area contributed by atoms with Gasteiger partial charge in [0.05, 0.1) is 0 Å². The summed E-state index contributed by atoms with van der Waals surface area (Å²) in [6.07, 6.45) is 0. The Hall–Kier alpha value is 0.804. The van der Waals surface area contributed by atoms with Gasteiger partial charge in [-0.2, -0.15) is 0 Å². The molecule has 0 spiro atoms. The van der Waals surface area contributed by atoms with E-state index in [0.717, 1.165) is 0 Å². The van der Waals surface area contributed by atoms with E-state index in [-0.39, 0.29) is 32.7 Å². The Morgan fingerprint density at radius 2 is 1.62 bits per heavy atom. The van der Waals surface area contributed by atoms with Crippen molar-refractivity contribution < 1.29 is 32.7 Å². The van der Waals surface area contributed by atoms with Gasteiger partial charge < -0.3 is 0 Å². The molecule has 0 bridgehead atoms. The zero-order chi connectivity index (χ0) is 9.30. The van der Waals surface area contributed by atoms with Crippen LogP contribution in [0.5, 0.6) is 0 Å². The molecule has 13 heavy (non-hydrogen) atoms. The molecular weight excluding hydrogens is 253 g/mol. The third-order valence-corrected chi connectivity index (χ3v) is 3.26. The average Bonchev–Trinajstić information content (AvgIpc) is 2.31. The predicted octanol–water partition coefficient (Wildman–Crippen LogP) is 4.10. The first-order chi connectivity index (χ1) is 5.52. The number of thiophene rings is 1. The molecule has 0 aliphatic carbocycles. The van der Waals surface area contributed by atoms with Crippen LogP contribution in [-0.4, -0.2) is 0 Å². The molecule has 1 heterocycles. The Kier molecular flexibility index (Phi) is 5.98. The fraction of sp³-hybridized carbons (Fsp3) is 0.636. The standard InChI is InChI=1S/C11H17S.Y/c1-7(2)10-6-9(5)12-11(10)8(3)4;/h7-8H,1-5H3;/q-1;. The Balaban J connectivity index is 0.00000144. The summed E-state index contributed by atoms with van der Waals surface area (Å²) in [5.41, 5.74) is 1.42. The minimum atomic E-state index is 0. The van der Waals surface area contributed by atoms with Crippen molar-refractivity contribution >= 4 is 11.3 Å². The normalized spacial score (nSPS) is 10.7. The van der Waals surface area contributed by atoms with Crippen molar-refractivity contribution in [1.29, 1.82) is 0 Å². The van der Waals surface area contributed by atoms with Crippen molar-refractivity contribution in [3.63, 3.8) is 0 Å². The fourth-order valence-corrected chi connectivity index (χ4v) is 2.48. The number of aryl methyl sites for hydroxylation is 1. The number of hydrogen-bond acceptors (Lipinski definition) is 1. The number of rotatable bonds is 2. The predicted molar refractivity (Wildman–Crippen MR) is 56.1 cm³/mol. The van der Waals surface area contributed by atoms with Crippen LogP contribution in [0.1, 0.15) is 54.8 Å². The van der Waals surface area contributed by atoms with E-state index in [1.165, 1.54) is 15.3 Å². The number of hydrogen-bond donors (Lipinski definition) is 0. The molecule has 0 aromatic carbocycles. The largest absolute Gasteiger partial charge is 0.266 e. The van der Waals surface area contributed by atoms with Crippen LogP contribution in [0.4, 0.5) is 0 Å². The van der Waals surface area contributed by atoms with Crippen molar-refractivity contribution in [2.45, 2.75) is 46.5 Å². The third kappa shape index (κ3) is 3.45. The van der Waals surface area contributed by atoms with Crippen molar-refractivity contribution in [1.82, 2.24) is 0 Å². The summed E-state index contributed by atoms with van der Waals surface area (Å²) >= 11 is 1.90. The Morgan fingerprint density at radius 1 is 1.08 bits per heavy atom. The van der Waals surface area contributed by atoms with Crippen LogP contribution in [0.2, 0.25) is 0 Å². The van der Waals surface area contributed by atoms with E-state index in [1.807, 2.05) is 11.3 Å². The van der Waals surface area contributed by atoms with Gasteiger partial charge in [0.25, 0.3) is 0 Å². The SMILES string of the molecule is Cc1[c-]c(C(C)C)c(C(C)C)s1.[Y]. The summed E-state index contributed by atoms with van der Waals surface area (Å²) in [5.74, 6) is 1.27. The third-order valence-electron chi connectivity index (χ3n) is 1.94. The minimum absolute atomic E-state index is 0. The van der Waals surface area contributed by atoms with Crippen LogP contribution in [0.25, 0.3) is 0 Å². The second-order valence-corrected chi connectivity index (χ2v) is 5.13. The molecule has 0 saturated heterocycles. The molecule has 0 aliphatic heterocycles. The molecule has 71 valence electrons. The molecule has 0 N–H and O–H groups in total. The first-order valence-corrected chi connectivity index (χ1v) is 5.36. The summed E-state index contributed by atoms with van der Waals surface area (Å²) in [6, 6.07) is 3.44. The minimum Gasteiger partial charge on any atom is -0.266 e. The molecule has 1 radical (unpaired) electrons. The smallest absolute Gasteiger partial charge is 0 e. The van der Waals surface area contributed by atoms with Gasteiger partial charge in [0.15, 0.2) is 0 Å². The molecule has 0 amide bonds. The zero-order valence-corrected chi connectivity index (χ0v) is 12.8. The van der Waals surface area contributed by atoms with Gasteiger partial charge in [-0.15, -0.1) is 9.75 Å². The van der Waals surface area contributed by atoms with Crippen LogP contribution >= 0.6 is 11.3 Å². The molecule has 1 rings (SSSR count). The van der Waals surface area contributed by atoms with Gasteiger partial charge >= 0.3 is 0 Å². The second kappa shape index (κ2) is 5.63. The van der Waals surface area contributed by atoms with Crippen LogP contribution in [0.15, 0.2) is 0 Å². The van der Waals surface area contributed by atoms with E-state index in [2.05, 4.69) is 40.7 Å². The maximum atomic E-state index is 3.44. The second-order valence-electron chi connectivity index (χ2n) is 3.87. The first kappa shape index (κ1) is 13.8. The van der Waals surface area contributed by atoms with E-state index < -0.39 is 0 Å². The van der Waals surface area contributed by atoms with Crippen LogP contribution in [0.3, 0.4) is 0 Å². The Labute approximate surface area is 111 Å². The van der Waals surface area contributed by atoms with Crippen molar-refractivity contribution in [3.05, 3.63) is 21.4 Å². The quantitative estimate of drug-likeness (QED) is 0.710. The first-order valence-electron chi connectivity index (χ1n) is 4.54. The Morgan fingerprint density at radius 3 is 1.92 bits per heavy atom. The van der Waals surface area contributed by atoms with Crippen LogP contribution in [0, 0.1) is 13.0 Å². The molecule has 0 fully saturated rings. The summed E-state index contributed by atoms with van der Waals surface area (Å²) in [4.78, 5) is 2.84. The van der Waals surface area contributed by atoms with Crippen LogP contribution < -0.4 is 0 Å². The van der Waals surface area contributed by atoms with E-state index in [4.69, 9.17) is 0 Å². The van der Waals surface area contributed by atoms with E-state index in [0.29, 0.717) is 11.8 Å². The summed E-state index contributed by atoms with van der Waals surface area (Å²) in [5, 5.41) is 0. The molecule has 0 saturated carbocycles. The van der Waals surface area contributed by atoms with Crippen molar-refractivity contribution in [2.24, 2.45) is 0 Å². The molecular formula is C11H17SY-. The molecule has 1 aromatic rings. The van der Waals surface area contributed by atoms with Gasteiger partial charge in [-0.3, -0.25) is 11.3 Å². The molecule has 1 aromatic heterocycles. The van der Waals surface area contributed by atoms with Gasteiger partial charge in [0.1, 0.15) is 0 Å². The van der Waals surface area contributed by atoms with E-state index in [9.17, 15) is 0 Å². The van der Waals surface area contributed by atoms with Gasteiger partial charge in [-0.25, -0.2) is 11.6 Å². The van der Waals surface area contributed by atoms with Crippen molar-refractivity contribution in [2.75, 3.05) is 0 Å². The topological polar surface area (TPSA) is 0 Å². The summed E-state index contributed by atoms with van der Waals surface area (Å²) in [6.45, 7) is 11.1. The van der Waals surface area contributed by atoms with Gasteiger partial charge in [0.2, 0.25) is 0 Å². The molecule has 0 aliphatic rings. The molecule has 0 nitrogen and oxygen atoms in total. The van der Waals surface area contributed by atoms with Gasteiger partial charge in [0, 0.05) is 32.7 Å². The molecule has 2 heteroatoms. The molecule has 0 atom stereocenters. The van der Waals surface area contributed by atoms with Gasteiger partial charge in [-0.05, 0) is 6.92 Å². The van der Waals surface area contributed by atoms with Crippen LogP contribution in [-0.2, 0) is 32.7 Å². The van der Waals surface area contributed by atoms with E-state index in [1.54, 1.807) is 0 Å². The van der Waals surface area contributed by atoms with E-state index >= 15 is 0 Å².